The van der Waals surface area contributed by atoms with Crippen LogP contribution in [0.1, 0.15) is 40.2 Å². The van der Waals surface area contributed by atoms with Crippen LogP contribution in [0.5, 0.6) is 0 Å². The van der Waals surface area contributed by atoms with E-state index < -0.39 is 0 Å². The number of nitrogens with one attached hydrogen (secondary N) is 1. The smallest absolute Gasteiger partial charge is 0.0840 e. The maximum Gasteiger partial charge on any atom is 0.0840 e. The Morgan fingerprint density at radius 3 is 2.78 bits per heavy atom. The highest BCUT2D eigenvalue weighted by molar-refractivity contribution is 7.05. The molecule has 0 saturated heterocycles. The lowest BCUT2D eigenvalue weighted by Gasteiger charge is -2.18. The number of nitrogens with two attached hydrogens (primary N) is 1. The topological polar surface area (TPSA) is 63.8 Å². The summed E-state index contributed by atoms with van der Waals surface area (Å²) >= 11 is 1.41. The van der Waals surface area contributed by atoms with Crippen molar-refractivity contribution in [3.05, 3.63) is 45.5 Å². The second-order valence-electron chi connectivity index (χ2n) is 4.40. The van der Waals surface area contributed by atoms with Crippen LogP contribution in [0, 0.1) is 13.8 Å². The van der Waals surface area contributed by atoms with Crippen LogP contribution in [-0.4, -0.2) is 9.59 Å². The summed E-state index contributed by atoms with van der Waals surface area (Å²) in [5.74, 6) is 5.73. The lowest BCUT2D eigenvalue weighted by atomic mass is 9.97. The van der Waals surface area contributed by atoms with Crippen molar-refractivity contribution < 1.29 is 0 Å². The third-order valence-corrected chi connectivity index (χ3v) is 3.92. The molecule has 0 aliphatic carbocycles. The molecular weight excluding hydrogens is 244 g/mol. The summed E-state index contributed by atoms with van der Waals surface area (Å²) in [4.78, 5) is 1.10. The van der Waals surface area contributed by atoms with Gasteiger partial charge in [-0.1, -0.05) is 35.2 Å². The van der Waals surface area contributed by atoms with E-state index in [1.165, 1.54) is 28.2 Å². The van der Waals surface area contributed by atoms with E-state index in [1.807, 2.05) is 0 Å². The van der Waals surface area contributed by atoms with Gasteiger partial charge in [-0.2, -0.15) is 0 Å². The first kappa shape index (κ1) is 13.1. The molecule has 1 heterocycles. The molecule has 0 fully saturated rings. The molecule has 0 saturated carbocycles. The van der Waals surface area contributed by atoms with Crippen LogP contribution in [0.3, 0.4) is 0 Å². The number of benzene rings is 1. The van der Waals surface area contributed by atoms with Gasteiger partial charge in [0.15, 0.2) is 0 Å². The molecule has 1 unspecified atom stereocenters. The van der Waals surface area contributed by atoms with Gasteiger partial charge >= 0.3 is 0 Å². The SMILES string of the molecule is CCc1nnsc1C(NN)c1ccc(C)cc1C. The monoisotopic (exact) mass is 262 g/mol. The van der Waals surface area contributed by atoms with Crippen LogP contribution >= 0.6 is 11.5 Å². The number of hydrazine groups is 1. The highest BCUT2D eigenvalue weighted by Crippen LogP contribution is 2.29. The molecule has 5 heteroatoms. The minimum atomic E-state index is -0.0273. The Bertz CT molecular complexity index is 536. The predicted molar refractivity (Wildman–Crippen MR) is 74.4 cm³/mol. The molecule has 0 radical (unpaired) electrons. The van der Waals surface area contributed by atoms with Crippen molar-refractivity contribution in [2.75, 3.05) is 0 Å². The zero-order chi connectivity index (χ0) is 13.1. The summed E-state index contributed by atoms with van der Waals surface area (Å²) in [6.45, 7) is 6.27. The van der Waals surface area contributed by atoms with Crippen LogP contribution in [-0.2, 0) is 6.42 Å². The van der Waals surface area contributed by atoms with Crippen LogP contribution in [0.15, 0.2) is 18.2 Å². The first-order chi connectivity index (χ1) is 8.67. The van der Waals surface area contributed by atoms with Gasteiger partial charge in [-0.15, -0.1) is 5.10 Å². The van der Waals surface area contributed by atoms with Gasteiger partial charge in [0.2, 0.25) is 0 Å². The quantitative estimate of drug-likeness (QED) is 0.655. The minimum absolute atomic E-state index is 0.0273. The largest absolute Gasteiger partial charge is 0.271 e. The van der Waals surface area contributed by atoms with Gasteiger partial charge in [-0.3, -0.25) is 5.84 Å². The average Bonchev–Trinajstić information content (AvgIpc) is 2.81. The fourth-order valence-electron chi connectivity index (χ4n) is 2.14. The van der Waals surface area contributed by atoms with Crippen molar-refractivity contribution in [3.63, 3.8) is 0 Å². The van der Waals surface area contributed by atoms with E-state index in [-0.39, 0.29) is 6.04 Å². The fourth-order valence-corrected chi connectivity index (χ4v) is 2.95. The molecule has 3 N–H and O–H groups in total. The summed E-state index contributed by atoms with van der Waals surface area (Å²) in [5.41, 5.74) is 7.57. The van der Waals surface area contributed by atoms with Crippen molar-refractivity contribution in [1.29, 1.82) is 0 Å². The predicted octanol–water partition coefficient (Wildman–Crippen LogP) is 2.27. The molecule has 0 spiro atoms. The molecule has 4 nitrogen and oxygen atoms in total. The minimum Gasteiger partial charge on any atom is -0.271 e. The number of hydrogen-bond donors (Lipinski definition) is 2. The molecule has 96 valence electrons. The summed E-state index contributed by atoms with van der Waals surface area (Å²) in [6, 6.07) is 6.36. The maximum absolute atomic E-state index is 5.73. The molecular formula is C13H18N4S. The van der Waals surface area contributed by atoms with Gasteiger partial charge in [0.05, 0.1) is 16.6 Å². The zero-order valence-corrected chi connectivity index (χ0v) is 11.7. The van der Waals surface area contributed by atoms with E-state index in [0.717, 1.165) is 17.0 Å². The highest BCUT2D eigenvalue weighted by atomic mass is 32.1. The molecule has 1 aromatic heterocycles. The molecule has 0 amide bonds. The molecule has 1 atom stereocenters. The standard InChI is InChI=1S/C13H18N4S/c1-4-11-13(18-17-16-11)12(15-14)10-6-5-8(2)7-9(10)3/h5-7,12,15H,4,14H2,1-3H3. The Labute approximate surface area is 111 Å². The van der Waals surface area contributed by atoms with Crippen LogP contribution in [0.25, 0.3) is 0 Å². The van der Waals surface area contributed by atoms with Crippen molar-refractivity contribution in [2.24, 2.45) is 5.84 Å². The van der Waals surface area contributed by atoms with Crippen molar-refractivity contribution in [2.45, 2.75) is 33.2 Å². The lowest BCUT2D eigenvalue weighted by molar-refractivity contribution is 0.636. The Kier molecular flexibility index (Phi) is 4.06. The first-order valence-electron chi connectivity index (χ1n) is 6.01. The fraction of sp³-hybridized carbons (Fsp3) is 0.385. The third-order valence-electron chi connectivity index (χ3n) is 3.09. The number of aromatic nitrogens is 2. The molecule has 2 rings (SSSR count). The van der Waals surface area contributed by atoms with E-state index in [1.54, 1.807) is 0 Å². The van der Waals surface area contributed by atoms with Gasteiger partial charge in [-0.25, -0.2) is 5.43 Å². The number of rotatable bonds is 4. The lowest BCUT2D eigenvalue weighted by Crippen LogP contribution is -2.29. The second kappa shape index (κ2) is 5.56. The number of aryl methyl sites for hydroxylation is 3. The first-order valence-corrected chi connectivity index (χ1v) is 6.79. The van der Waals surface area contributed by atoms with Crippen LogP contribution < -0.4 is 11.3 Å². The third kappa shape index (κ3) is 2.43. The number of nitrogens with zero attached hydrogens (tertiary/aromatic N) is 2. The van der Waals surface area contributed by atoms with Crippen molar-refractivity contribution in [1.82, 2.24) is 15.0 Å². The number of hydrogen-bond acceptors (Lipinski definition) is 5. The molecule has 0 bridgehead atoms. The second-order valence-corrected chi connectivity index (χ2v) is 5.18. The van der Waals surface area contributed by atoms with Gasteiger partial charge in [0.25, 0.3) is 0 Å². The van der Waals surface area contributed by atoms with E-state index in [2.05, 4.69) is 54.0 Å². The van der Waals surface area contributed by atoms with Gasteiger partial charge in [0.1, 0.15) is 0 Å². The average molecular weight is 262 g/mol. The highest BCUT2D eigenvalue weighted by Gasteiger charge is 2.20. The molecule has 18 heavy (non-hydrogen) atoms. The summed E-state index contributed by atoms with van der Waals surface area (Å²) < 4.78 is 4.03. The van der Waals surface area contributed by atoms with E-state index >= 15 is 0 Å². The van der Waals surface area contributed by atoms with Gasteiger partial charge < -0.3 is 0 Å². The molecule has 0 aliphatic heterocycles. The van der Waals surface area contributed by atoms with Gasteiger partial charge in [0, 0.05) is 0 Å². The Hall–Kier alpha value is -1.30. The summed E-state index contributed by atoms with van der Waals surface area (Å²) in [5, 5.41) is 4.15. The maximum atomic E-state index is 5.73. The normalized spacial score (nSPS) is 12.7. The molecule has 1 aromatic carbocycles. The molecule has 2 aromatic rings. The zero-order valence-electron chi connectivity index (χ0n) is 10.9. The van der Waals surface area contributed by atoms with Gasteiger partial charge in [-0.05, 0) is 42.9 Å². The van der Waals surface area contributed by atoms with E-state index in [9.17, 15) is 0 Å². The van der Waals surface area contributed by atoms with Crippen molar-refractivity contribution >= 4 is 11.5 Å². The van der Waals surface area contributed by atoms with E-state index in [4.69, 9.17) is 5.84 Å². The Morgan fingerprint density at radius 1 is 1.39 bits per heavy atom. The van der Waals surface area contributed by atoms with E-state index in [0.29, 0.717) is 0 Å². The van der Waals surface area contributed by atoms with Crippen LogP contribution in [0.2, 0.25) is 0 Å². The summed E-state index contributed by atoms with van der Waals surface area (Å²) in [6.07, 6.45) is 0.870. The Balaban J connectivity index is 2.45. The Morgan fingerprint density at radius 2 is 2.17 bits per heavy atom. The van der Waals surface area contributed by atoms with Crippen LogP contribution in [0.4, 0.5) is 0 Å². The molecule has 0 aliphatic rings. The van der Waals surface area contributed by atoms with Crippen molar-refractivity contribution in [3.8, 4) is 0 Å². The summed E-state index contributed by atoms with van der Waals surface area (Å²) in [7, 11) is 0.